The fraction of sp³-hybridized carbons (Fsp3) is 1.00. The minimum absolute atomic E-state index is 0. The third kappa shape index (κ3) is 21.5. The van der Waals surface area contributed by atoms with E-state index in [9.17, 15) is 0 Å². The zero-order valence-corrected chi connectivity index (χ0v) is 13.9. The van der Waals surface area contributed by atoms with Crippen LogP contribution in [0.3, 0.4) is 0 Å². The molecule has 0 saturated carbocycles. The van der Waals surface area contributed by atoms with Crippen molar-refractivity contribution >= 4 is 0 Å². The molecule has 2 N–H and O–H groups in total. The van der Waals surface area contributed by atoms with Crippen LogP contribution < -0.4 is 12.4 Å². The summed E-state index contributed by atoms with van der Waals surface area (Å²) in [6, 6.07) is 0. The molecule has 0 spiro atoms. The summed E-state index contributed by atoms with van der Waals surface area (Å²) in [4.78, 5) is 0. The van der Waals surface area contributed by atoms with E-state index in [2.05, 4.69) is 28.1 Å². The van der Waals surface area contributed by atoms with E-state index in [1.54, 1.807) is 0 Å². The Balaban J connectivity index is -0.00000112. The lowest BCUT2D eigenvalue weighted by molar-refractivity contribution is -0.870. The number of quaternary nitrogens is 1. The molecule has 114 valence electrons. The largest absolute Gasteiger partial charge is 1.00 e. The highest BCUT2D eigenvalue weighted by atomic mass is 35.5. The molecule has 2 nitrogen and oxygen atoms in total. The number of halogens is 1. The van der Waals surface area contributed by atoms with Gasteiger partial charge in [0.1, 0.15) is 0 Å². The Labute approximate surface area is 121 Å². The van der Waals surface area contributed by atoms with E-state index < -0.39 is 0 Å². The first-order valence-corrected chi connectivity index (χ1v) is 7.36. The highest BCUT2D eigenvalue weighted by Gasteiger charge is 2.04. The average molecular weight is 282 g/mol. The van der Waals surface area contributed by atoms with Gasteiger partial charge in [-0.1, -0.05) is 58.3 Å². The van der Waals surface area contributed by atoms with Crippen LogP contribution in [0.1, 0.15) is 71.1 Å². The van der Waals surface area contributed by atoms with Gasteiger partial charge in [0.15, 0.2) is 0 Å². The van der Waals surface area contributed by atoms with Crippen molar-refractivity contribution in [3.05, 3.63) is 0 Å². The minimum Gasteiger partial charge on any atom is -1.00 e. The van der Waals surface area contributed by atoms with Crippen LogP contribution in [0.25, 0.3) is 0 Å². The zero-order chi connectivity index (χ0) is 12.3. The first-order chi connectivity index (χ1) is 7.56. The Hall–Kier alpha value is 0.210. The van der Waals surface area contributed by atoms with Gasteiger partial charge in [0.25, 0.3) is 0 Å². The van der Waals surface area contributed by atoms with E-state index in [0.717, 1.165) is 4.48 Å². The van der Waals surface area contributed by atoms with Gasteiger partial charge in [0, 0.05) is 0 Å². The van der Waals surface area contributed by atoms with Crippen molar-refractivity contribution in [2.75, 3.05) is 27.7 Å². The van der Waals surface area contributed by atoms with Crippen LogP contribution in [-0.4, -0.2) is 37.6 Å². The first kappa shape index (κ1) is 23.3. The average Bonchev–Trinajstić information content (AvgIpc) is 2.19. The molecule has 3 heteroatoms. The van der Waals surface area contributed by atoms with Crippen molar-refractivity contribution in [1.29, 1.82) is 0 Å². The predicted molar refractivity (Wildman–Crippen MR) is 78.4 cm³/mol. The van der Waals surface area contributed by atoms with E-state index in [1.165, 1.54) is 70.8 Å². The topological polar surface area (TPSA) is 31.5 Å². The Kier molecular flexibility index (Phi) is 19.8. The van der Waals surface area contributed by atoms with Crippen molar-refractivity contribution in [2.24, 2.45) is 0 Å². The monoisotopic (exact) mass is 281 g/mol. The third-order valence-electron chi connectivity index (χ3n) is 3.18. The van der Waals surface area contributed by atoms with Crippen LogP contribution in [-0.2, 0) is 0 Å². The van der Waals surface area contributed by atoms with Gasteiger partial charge in [0.05, 0.1) is 27.7 Å². The summed E-state index contributed by atoms with van der Waals surface area (Å²) >= 11 is 0. The van der Waals surface area contributed by atoms with Gasteiger partial charge in [-0.05, 0) is 12.8 Å². The SMILES string of the molecule is CCCCCCCCCCCC[N+](C)(C)C.O.[Cl-]. The lowest BCUT2D eigenvalue weighted by atomic mass is 10.1. The maximum atomic E-state index is 2.29. The molecule has 0 atom stereocenters. The Morgan fingerprint density at radius 1 is 0.611 bits per heavy atom. The van der Waals surface area contributed by atoms with Crippen molar-refractivity contribution in [1.82, 2.24) is 0 Å². The maximum Gasteiger partial charge on any atom is 0.0780 e. The summed E-state index contributed by atoms with van der Waals surface area (Å²) in [7, 11) is 6.86. The molecule has 0 amide bonds. The first-order valence-electron chi connectivity index (χ1n) is 7.36. The summed E-state index contributed by atoms with van der Waals surface area (Å²) in [5.41, 5.74) is 0. The molecular formula is C15H36ClNO. The second-order valence-electron chi connectivity index (χ2n) is 6.20. The molecule has 0 aliphatic heterocycles. The molecule has 0 aliphatic rings. The lowest BCUT2D eigenvalue weighted by Gasteiger charge is -2.23. The molecule has 0 aliphatic carbocycles. The van der Waals surface area contributed by atoms with E-state index >= 15 is 0 Å². The fourth-order valence-electron chi connectivity index (χ4n) is 2.07. The van der Waals surface area contributed by atoms with Crippen molar-refractivity contribution < 1.29 is 22.4 Å². The van der Waals surface area contributed by atoms with Gasteiger partial charge in [-0.15, -0.1) is 0 Å². The molecule has 0 bridgehead atoms. The molecule has 0 aromatic carbocycles. The lowest BCUT2D eigenvalue weighted by Crippen LogP contribution is -3.00. The predicted octanol–water partition coefficient (Wildman–Crippen LogP) is 0.793. The summed E-state index contributed by atoms with van der Waals surface area (Å²) < 4.78 is 1.12. The molecule has 0 aromatic rings. The van der Waals surface area contributed by atoms with Crippen LogP contribution >= 0.6 is 0 Å². The summed E-state index contributed by atoms with van der Waals surface area (Å²) in [5.74, 6) is 0. The second-order valence-corrected chi connectivity index (χ2v) is 6.20. The van der Waals surface area contributed by atoms with Gasteiger partial charge in [-0.25, -0.2) is 0 Å². The van der Waals surface area contributed by atoms with Gasteiger partial charge < -0.3 is 22.4 Å². The molecule has 0 saturated heterocycles. The zero-order valence-electron chi connectivity index (χ0n) is 13.1. The molecule has 0 rings (SSSR count). The number of nitrogens with zero attached hydrogens (tertiary/aromatic N) is 1. The third-order valence-corrected chi connectivity index (χ3v) is 3.18. The second kappa shape index (κ2) is 15.3. The molecule has 0 aromatic heterocycles. The summed E-state index contributed by atoms with van der Waals surface area (Å²) in [5, 5.41) is 0. The number of hydrogen-bond donors (Lipinski definition) is 0. The maximum absolute atomic E-state index is 2.29. The van der Waals surface area contributed by atoms with Gasteiger partial charge >= 0.3 is 0 Å². The van der Waals surface area contributed by atoms with Gasteiger partial charge in [-0.2, -0.15) is 0 Å². The molecular weight excluding hydrogens is 246 g/mol. The number of hydrogen-bond acceptors (Lipinski definition) is 0. The van der Waals surface area contributed by atoms with Crippen LogP contribution in [0.2, 0.25) is 0 Å². The van der Waals surface area contributed by atoms with E-state index in [4.69, 9.17) is 0 Å². The number of unbranched alkanes of at least 4 members (excludes halogenated alkanes) is 9. The minimum atomic E-state index is 0. The van der Waals surface area contributed by atoms with Crippen LogP contribution in [0.15, 0.2) is 0 Å². The molecule has 0 unspecified atom stereocenters. The molecule has 18 heavy (non-hydrogen) atoms. The van der Waals surface area contributed by atoms with Crippen LogP contribution in [0.5, 0.6) is 0 Å². The molecule has 0 radical (unpaired) electrons. The quantitative estimate of drug-likeness (QED) is 0.396. The van der Waals surface area contributed by atoms with Crippen LogP contribution in [0.4, 0.5) is 0 Å². The summed E-state index contributed by atoms with van der Waals surface area (Å²) in [6.45, 7) is 3.62. The molecule has 0 heterocycles. The van der Waals surface area contributed by atoms with Crippen molar-refractivity contribution in [3.8, 4) is 0 Å². The van der Waals surface area contributed by atoms with Crippen molar-refractivity contribution in [3.63, 3.8) is 0 Å². The number of rotatable bonds is 11. The highest BCUT2D eigenvalue weighted by molar-refractivity contribution is 4.47. The summed E-state index contributed by atoms with van der Waals surface area (Å²) in [6.07, 6.45) is 14.4. The Morgan fingerprint density at radius 3 is 1.28 bits per heavy atom. The van der Waals surface area contributed by atoms with Crippen LogP contribution in [0, 0.1) is 0 Å². The van der Waals surface area contributed by atoms with E-state index in [1.807, 2.05) is 0 Å². The fourth-order valence-corrected chi connectivity index (χ4v) is 2.07. The van der Waals surface area contributed by atoms with Gasteiger partial charge in [0.2, 0.25) is 0 Å². The smallest absolute Gasteiger partial charge is 0.0780 e. The highest BCUT2D eigenvalue weighted by Crippen LogP contribution is 2.10. The Bertz CT molecular complexity index is 146. The normalized spacial score (nSPS) is 10.7. The molecule has 0 fully saturated rings. The van der Waals surface area contributed by atoms with E-state index in [0.29, 0.717) is 0 Å². The van der Waals surface area contributed by atoms with Crippen molar-refractivity contribution in [2.45, 2.75) is 71.1 Å². The van der Waals surface area contributed by atoms with Gasteiger partial charge in [-0.3, -0.25) is 0 Å². The Morgan fingerprint density at radius 2 is 0.944 bits per heavy atom. The standard InChI is InChI=1S/C15H34N.ClH.H2O/c1-5-6-7-8-9-10-11-12-13-14-15-16(2,3)4;;/h5-15H2,1-4H3;1H;1H2/q+1;;/p-1. The van der Waals surface area contributed by atoms with E-state index in [-0.39, 0.29) is 17.9 Å².